The van der Waals surface area contributed by atoms with Crippen molar-refractivity contribution in [1.82, 2.24) is 5.32 Å². The van der Waals surface area contributed by atoms with Gasteiger partial charge in [0.15, 0.2) is 0 Å². The Morgan fingerprint density at radius 2 is 2.06 bits per heavy atom. The number of nitrogens with one attached hydrogen (secondary N) is 1. The average Bonchev–Trinajstić information content (AvgIpc) is 2.29. The molecule has 1 aromatic rings. The van der Waals surface area contributed by atoms with Crippen LogP contribution in [0.5, 0.6) is 0 Å². The standard InChI is InChI=1S/C14H23BrN2/c1-14(2,11-16)7-9-17-8-6-12-4-3-5-13(15)10-12/h3-5,10,17H,6-9,11,16H2,1-2H3. The zero-order valence-corrected chi connectivity index (χ0v) is 12.4. The van der Waals surface area contributed by atoms with Gasteiger partial charge in [0.05, 0.1) is 0 Å². The predicted molar refractivity (Wildman–Crippen MR) is 78.2 cm³/mol. The topological polar surface area (TPSA) is 38.0 Å². The molecule has 0 radical (unpaired) electrons. The van der Waals surface area contributed by atoms with E-state index < -0.39 is 0 Å². The van der Waals surface area contributed by atoms with Gasteiger partial charge in [-0.25, -0.2) is 0 Å². The lowest BCUT2D eigenvalue weighted by Gasteiger charge is -2.22. The van der Waals surface area contributed by atoms with E-state index in [1.807, 2.05) is 0 Å². The van der Waals surface area contributed by atoms with E-state index in [0.29, 0.717) is 0 Å². The summed E-state index contributed by atoms with van der Waals surface area (Å²) >= 11 is 3.49. The highest BCUT2D eigenvalue weighted by molar-refractivity contribution is 9.10. The van der Waals surface area contributed by atoms with E-state index in [2.05, 4.69) is 59.4 Å². The minimum atomic E-state index is 0.253. The van der Waals surface area contributed by atoms with Crippen LogP contribution in [0.2, 0.25) is 0 Å². The largest absolute Gasteiger partial charge is 0.330 e. The lowest BCUT2D eigenvalue weighted by molar-refractivity contribution is 0.340. The number of benzene rings is 1. The molecule has 0 saturated heterocycles. The van der Waals surface area contributed by atoms with Gasteiger partial charge in [0.1, 0.15) is 0 Å². The van der Waals surface area contributed by atoms with Gasteiger partial charge in [0.25, 0.3) is 0 Å². The first-order chi connectivity index (χ1) is 8.03. The van der Waals surface area contributed by atoms with Crippen LogP contribution in [0.15, 0.2) is 28.7 Å². The minimum Gasteiger partial charge on any atom is -0.330 e. The first-order valence-electron chi connectivity index (χ1n) is 6.19. The zero-order chi connectivity index (χ0) is 12.7. The molecule has 0 aliphatic heterocycles. The Hall–Kier alpha value is -0.380. The molecular weight excluding hydrogens is 276 g/mol. The number of rotatable bonds is 7. The van der Waals surface area contributed by atoms with Crippen LogP contribution in [-0.4, -0.2) is 19.6 Å². The Morgan fingerprint density at radius 3 is 2.71 bits per heavy atom. The summed E-state index contributed by atoms with van der Waals surface area (Å²) in [4.78, 5) is 0. The third kappa shape index (κ3) is 6.20. The molecule has 3 heteroatoms. The van der Waals surface area contributed by atoms with Gasteiger partial charge in [-0.15, -0.1) is 0 Å². The molecule has 0 amide bonds. The molecule has 3 N–H and O–H groups in total. The maximum absolute atomic E-state index is 5.70. The first-order valence-corrected chi connectivity index (χ1v) is 6.98. The van der Waals surface area contributed by atoms with E-state index in [0.717, 1.165) is 36.9 Å². The van der Waals surface area contributed by atoms with Gasteiger partial charge in [0.2, 0.25) is 0 Å². The highest BCUT2D eigenvalue weighted by Crippen LogP contribution is 2.16. The van der Waals surface area contributed by atoms with Crippen molar-refractivity contribution in [3.05, 3.63) is 34.3 Å². The molecule has 1 rings (SSSR count). The lowest BCUT2D eigenvalue weighted by atomic mass is 9.90. The van der Waals surface area contributed by atoms with Gasteiger partial charge in [-0.2, -0.15) is 0 Å². The Bertz CT molecular complexity index is 337. The molecule has 0 aliphatic rings. The van der Waals surface area contributed by atoms with Crippen molar-refractivity contribution in [2.24, 2.45) is 11.1 Å². The Labute approximate surface area is 113 Å². The summed E-state index contributed by atoms with van der Waals surface area (Å²) in [6.45, 7) is 7.24. The highest BCUT2D eigenvalue weighted by Gasteiger charge is 2.13. The molecule has 0 unspecified atom stereocenters. The van der Waals surface area contributed by atoms with E-state index in [4.69, 9.17) is 5.73 Å². The van der Waals surface area contributed by atoms with Gasteiger partial charge in [-0.05, 0) is 55.6 Å². The van der Waals surface area contributed by atoms with Crippen molar-refractivity contribution >= 4 is 15.9 Å². The summed E-state index contributed by atoms with van der Waals surface area (Å²) < 4.78 is 1.15. The van der Waals surface area contributed by atoms with Gasteiger partial charge in [-0.1, -0.05) is 41.9 Å². The van der Waals surface area contributed by atoms with Crippen molar-refractivity contribution in [3.63, 3.8) is 0 Å². The predicted octanol–water partition coefficient (Wildman–Crippen LogP) is 2.96. The van der Waals surface area contributed by atoms with Crippen molar-refractivity contribution in [2.45, 2.75) is 26.7 Å². The Kier molecular flexibility index (Phi) is 6.17. The third-order valence-electron chi connectivity index (χ3n) is 3.01. The summed E-state index contributed by atoms with van der Waals surface area (Å²) in [6, 6.07) is 8.47. The lowest BCUT2D eigenvalue weighted by Crippen LogP contribution is -2.29. The fourth-order valence-electron chi connectivity index (χ4n) is 1.58. The monoisotopic (exact) mass is 298 g/mol. The van der Waals surface area contributed by atoms with Crippen molar-refractivity contribution < 1.29 is 0 Å². The molecule has 0 bridgehead atoms. The molecule has 2 nitrogen and oxygen atoms in total. The maximum Gasteiger partial charge on any atom is 0.0178 e. The van der Waals surface area contributed by atoms with E-state index >= 15 is 0 Å². The normalized spacial score (nSPS) is 11.8. The van der Waals surface area contributed by atoms with Crippen LogP contribution < -0.4 is 11.1 Å². The molecule has 0 heterocycles. The SMILES string of the molecule is CC(C)(CN)CCNCCc1cccc(Br)c1. The number of hydrogen-bond donors (Lipinski definition) is 2. The van der Waals surface area contributed by atoms with Crippen molar-refractivity contribution in [2.75, 3.05) is 19.6 Å². The van der Waals surface area contributed by atoms with Crippen LogP contribution in [0.3, 0.4) is 0 Å². The molecule has 0 saturated carbocycles. The second kappa shape index (κ2) is 7.14. The second-order valence-corrected chi connectivity index (χ2v) is 6.16. The summed E-state index contributed by atoms with van der Waals surface area (Å²) in [7, 11) is 0. The molecule has 0 spiro atoms. The summed E-state index contributed by atoms with van der Waals surface area (Å²) in [5.41, 5.74) is 7.31. The molecule has 17 heavy (non-hydrogen) atoms. The van der Waals surface area contributed by atoms with Gasteiger partial charge in [0, 0.05) is 4.47 Å². The van der Waals surface area contributed by atoms with Gasteiger partial charge < -0.3 is 11.1 Å². The zero-order valence-electron chi connectivity index (χ0n) is 10.8. The quantitative estimate of drug-likeness (QED) is 0.760. The molecule has 0 aliphatic carbocycles. The highest BCUT2D eigenvalue weighted by atomic mass is 79.9. The fraction of sp³-hybridized carbons (Fsp3) is 0.571. The minimum absolute atomic E-state index is 0.253. The van der Waals surface area contributed by atoms with Crippen molar-refractivity contribution in [1.29, 1.82) is 0 Å². The molecule has 1 aromatic carbocycles. The van der Waals surface area contributed by atoms with Crippen LogP contribution in [-0.2, 0) is 6.42 Å². The van der Waals surface area contributed by atoms with E-state index in [1.165, 1.54) is 5.56 Å². The van der Waals surface area contributed by atoms with Gasteiger partial charge >= 0.3 is 0 Å². The summed E-state index contributed by atoms with van der Waals surface area (Å²) in [5, 5.41) is 3.47. The Balaban J connectivity index is 2.17. The fourth-order valence-corrected chi connectivity index (χ4v) is 2.03. The molecule has 96 valence electrons. The third-order valence-corrected chi connectivity index (χ3v) is 3.50. The van der Waals surface area contributed by atoms with E-state index in [-0.39, 0.29) is 5.41 Å². The Morgan fingerprint density at radius 1 is 1.29 bits per heavy atom. The van der Waals surface area contributed by atoms with Crippen LogP contribution in [0.25, 0.3) is 0 Å². The van der Waals surface area contributed by atoms with Crippen molar-refractivity contribution in [3.8, 4) is 0 Å². The average molecular weight is 299 g/mol. The molecular formula is C14H23BrN2. The maximum atomic E-state index is 5.70. The first kappa shape index (κ1) is 14.7. The molecule has 0 atom stereocenters. The number of hydrogen-bond acceptors (Lipinski definition) is 2. The van der Waals surface area contributed by atoms with Crippen LogP contribution >= 0.6 is 15.9 Å². The smallest absolute Gasteiger partial charge is 0.0178 e. The van der Waals surface area contributed by atoms with E-state index in [9.17, 15) is 0 Å². The van der Waals surface area contributed by atoms with Crippen LogP contribution in [0.1, 0.15) is 25.8 Å². The van der Waals surface area contributed by atoms with Crippen LogP contribution in [0.4, 0.5) is 0 Å². The van der Waals surface area contributed by atoms with Gasteiger partial charge in [-0.3, -0.25) is 0 Å². The molecule has 0 fully saturated rings. The number of nitrogens with two attached hydrogens (primary N) is 1. The summed E-state index contributed by atoms with van der Waals surface area (Å²) in [6.07, 6.45) is 2.20. The second-order valence-electron chi connectivity index (χ2n) is 5.25. The van der Waals surface area contributed by atoms with Crippen LogP contribution in [0, 0.1) is 5.41 Å². The number of halogens is 1. The summed E-state index contributed by atoms with van der Waals surface area (Å²) in [5.74, 6) is 0. The molecule has 0 aromatic heterocycles. The van der Waals surface area contributed by atoms with E-state index in [1.54, 1.807) is 0 Å².